The zero-order chi connectivity index (χ0) is 16.7. The molecule has 0 saturated carbocycles. The lowest BCUT2D eigenvalue weighted by Crippen LogP contribution is -2.25. The Bertz CT molecular complexity index is 880. The number of β-amino-alcohol motifs (C(OH)–C–C–N with tert-alkyl or cyclic N) is 1. The molecule has 24 heavy (non-hydrogen) atoms. The first-order valence-electron chi connectivity index (χ1n) is 7.90. The smallest absolute Gasteiger partial charge is 0.159 e. The molecule has 4 rings (SSSR count). The predicted octanol–water partition coefficient (Wildman–Crippen LogP) is 2.92. The highest BCUT2D eigenvalue weighted by Gasteiger charge is 2.32. The van der Waals surface area contributed by atoms with Gasteiger partial charge < -0.3 is 9.51 Å². The molecule has 3 heterocycles. The van der Waals surface area contributed by atoms with Gasteiger partial charge in [-0.2, -0.15) is 0 Å². The Hall–Kier alpha value is -2.31. The fourth-order valence-corrected chi connectivity index (χ4v) is 3.46. The first kappa shape index (κ1) is 15.2. The fraction of sp³-hybridized carbons (Fsp3) is 0.278. The fourth-order valence-electron chi connectivity index (χ4n) is 3.46. The zero-order valence-corrected chi connectivity index (χ0v) is 12.9. The van der Waals surface area contributed by atoms with E-state index in [0.717, 1.165) is 17.4 Å². The highest BCUT2D eigenvalue weighted by atomic mass is 19.2. The number of benzene rings is 1. The van der Waals surface area contributed by atoms with E-state index >= 15 is 0 Å². The van der Waals surface area contributed by atoms with Crippen LogP contribution < -0.4 is 0 Å². The first-order chi connectivity index (χ1) is 11.6. The van der Waals surface area contributed by atoms with Crippen LogP contribution in [-0.2, 0) is 6.54 Å². The van der Waals surface area contributed by atoms with Crippen LogP contribution in [0.1, 0.15) is 23.7 Å². The van der Waals surface area contributed by atoms with Gasteiger partial charge in [-0.3, -0.25) is 4.90 Å². The number of pyridine rings is 1. The van der Waals surface area contributed by atoms with Crippen LogP contribution in [0.15, 0.2) is 48.8 Å². The summed E-state index contributed by atoms with van der Waals surface area (Å²) in [5.41, 5.74) is 2.58. The van der Waals surface area contributed by atoms with Crippen molar-refractivity contribution in [3.05, 3.63) is 71.7 Å². The Labute approximate surface area is 138 Å². The molecule has 2 unspecified atom stereocenters. The Morgan fingerprint density at radius 2 is 2.04 bits per heavy atom. The third-order valence-electron chi connectivity index (χ3n) is 4.59. The van der Waals surface area contributed by atoms with Crippen molar-refractivity contribution in [2.45, 2.75) is 25.1 Å². The lowest BCUT2D eigenvalue weighted by Gasteiger charge is -2.25. The molecule has 0 aliphatic carbocycles. The number of nitrogens with zero attached hydrogens (tertiary/aromatic N) is 3. The van der Waals surface area contributed by atoms with Gasteiger partial charge >= 0.3 is 0 Å². The molecule has 3 aromatic rings. The van der Waals surface area contributed by atoms with Crippen LogP contribution >= 0.6 is 0 Å². The normalized spacial score (nSPS) is 21.6. The van der Waals surface area contributed by atoms with Crippen molar-refractivity contribution in [2.24, 2.45) is 0 Å². The molecule has 1 aliphatic heterocycles. The zero-order valence-electron chi connectivity index (χ0n) is 12.9. The summed E-state index contributed by atoms with van der Waals surface area (Å²) in [7, 11) is 0. The Kier molecular flexibility index (Phi) is 3.78. The molecular weight excluding hydrogens is 312 g/mol. The van der Waals surface area contributed by atoms with Crippen LogP contribution in [0.5, 0.6) is 0 Å². The maximum atomic E-state index is 13.6. The quantitative estimate of drug-likeness (QED) is 0.803. The van der Waals surface area contributed by atoms with Crippen LogP contribution in [0.4, 0.5) is 8.78 Å². The maximum absolute atomic E-state index is 13.6. The van der Waals surface area contributed by atoms with E-state index in [2.05, 4.69) is 9.88 Å². The molecule has 124 valence electrons. The van der Waals surface area contributed by atoms with E-state index in [-0.39, 0.29) is 6.04 Å². The highest BCUT2D eigenvalue weighted by Crippen LogP contribution is 2.34. The first-order valence-corrected chi connectivity index (χ1v) is 7.90. The average Bonchev–Trinajstić information content (AvgIpc) is 3.17. The molecule has 6 heteroatoms. The number of halogens is 2. The van der Waals surface area contributed by atoms with E-state index in [1.807, 2.05) is 28.8 Å². The van der Waals surface area contributed by atoms with Gasteiger partial charge in [0.2, 0.25) is 0 Å². The van der Waals surface area contributed by atoms with E-state index in [0.29, 0.717) is 25.1 Å². The second-order valence-corrected chi connectivity index (χ2v) is 6.18. The van der Waals surface area contributed by atoms with Crippen molar-refractivity contribution < 1.29 is 13.9 Å². The molecule has 4 nitrogen and oxygen atoms in total. The molecule has 0 radical (unpaired) electrons. The number of imidazole rings is 1. The third-order valence-corrected chi connectivity index (χ3v) is 4.59. The number of aromatic nitrogens is 2. The van der Waals surface area contributed by atoms with Crippen LogP contribution in [0, 0.1) is 11.6 Å². The number of likely N-dealkylation sites (tertiary alicyclic amines) is 1. The van der Waals surface area contributed by atoms with E-state index in [1.165, 1.54) is 6.07 Å². The van der Waals surface area contributed by atoms with Gasteiger partial charge in [-0.25, -0.2) is 13.8 Å². The summed E-state index contributed by atoms with van der Waals surface area (Å²) in [5.74, 6) is -1.71. The van der Waals surface area contributed by atoms with Gasteiger partial charge in [0.05, 0.1) is 6.10 Å². The summed E-state index contributed by atoms with van der Waals surface area (Å²) in [6.07, 6.45) is 3.66. The summed E-state index contributed by atoms with van der Waals surface area (Å²) in [4.78, 5) is 6.36. The third kappa shape index (κ3) is 2.68. The minimum Gasteiger partial charge on any atom is -0.392 e. The van der Waals surface area contributed by atoms with E-state index in [4.69, 9.17) is 0 Å². The number of rotatable bonds is 3. The number of hydrogen-bond donors (Lipinski definition) is 1. The summed E-state index contributed by atoms with van der Waals surface area (Å²) < 4.78 is 28.8. The Morgan fingerprint density at radius 3 is 2.88 bits per heavy atom. The van der Waals surface area contributed by atoms with Gasteiger partial charge in [0.1, 0.15) is 5.65 Å². The van der Waals surface area contributed by atoms with Crippen LogP contribution in [0.3, 0.4) is 0 Å². The van der Waals surface area contributed by atoms with Crippen LogP contribution in [-0.4, -0.2) is 32.0 Å². The van der Waals surface area contributed by atoms with E-state index < -0.39 is 17.7 Å². The minimum atomic E-state index is -0.856. The van der Waals surface area contributed by atoms with Crippen molar-refractivity contribution in [2.75, 3.05) is 6.54 Å². The summed E-state index contributed by atoms with van der Waals surface area (Å²) in [6, 6.07) is 9.68. The monoisotopic (exact) mass is 329 g/mol. The second kappa shape index (κ2) is 5.96. The van der Waals surface area contributed by atoms with Crippen molar-refractivity contribution in [3.63, 3.8) is 0 Å². The highest BCUT2D eigenvalue weighted by molar-refractivity contribution is 5.39. The molecule has 2 atom stereocenters. The number of fused-ring (bicyclic) bond motifs is 1. The molecule has 0 bridgehead atoms. The molecule has 0 spiro atoms. The Balaban J connectivity index is 1.65. The largest absolute Gasteiger partial charge is 0.392 e. The lowest BCUT2D eigenvalue weighted by atomic mass is 10.0. The van der Waals surface area contributed by atoms with Crippen molar-refractivity contribution in [1.29, 1.82) is 0 Å². The molecule has 1 N–H and O–H groups in total. The topological polar surface area (TPSA) is 40.8 Å². The van der Waals surface area contributed by atoms with Crippen LogP contribution in [0.25, 0.3) is 5.65 Å². The summed E-state index contributed by atoms with van der Waals surface area (Å²) in [6.45, 7) is 1.09. The van der Waals surface area contributed by atoms with Gasteiger partial charge in [0.15, 0.2) is 11.6 Å². The average molecular weight is 329 g/mol. The van der Waals surface area contributed by atoms with Crippen molar-refractivity contribution >= 4 is 5.65 Å². The SMILES string of the molecule is OC1CC(c2ccc(F)c(F)c2)N(Cc2cccc3nccn23)C1. The Morgan fingerprint density at radius 1 is 1.17 bits per heavy atom. The minimum absolute atomic E-state index is 0.145. The van der Waals surface area contributed by atoms with Crippen LogP contribution in [0.2, 0.25) is 0 Å². The van der Waals surface area contributed by atoms with Gasteiger partial charge in [0.25, 0.3) is 0 Å². The maximum Gasteiger partial charge on any atom is 0.159 e. The van der Waals surface area contributed by atoms with Gasteiger partial charge in [-0.1, -0.05) is 12.1 Å². The van der Waals surface area contributed by atoms with E-state index in [9.17, 15) is 13.9 Å². The molecule has 1 aliphatic rings. The molecular formula is C18H17F2N3O. The lowest BCUT2D eigenvalue weighted by molar-refractivity contribution is 0.172. The molecule has 1 aromatic carbocycles. The van der Waals surface area contributed by atoms with Gasteiger partial charge in [-0.15, -0.1) is 0 Å². The van der Waals surface area contributed by atoms with E-state index in [1.54, 1.807) is 12.3 Å². The predicted molar refractivity (Wildman–Crippen MR) is 85.3 cm³/mol. The van der Waals surface area contributed by atoms with Gasteiger partial charge in [0, 0.05) is 37.2 Å². The summed E-state index contributed by atoms with van der Waals surface area (Å²) in [5, 5.41) is 10.1. The van der Waals surface area contributed by atoms with Crippen molar-refractivity contribution in [1.82, 2.24) is 14.3 Å². The summed E-state index contributed by atoms with van der Waals surface area (Å²) >= 11 is 0. The number of hydrogen-bond acceptors (Lipinski definition) is 3. The van der Waals surface area contributed by atoms with Crippen molar-refractivity contribution in [3.8, 4) is 0 Å². The molecule has 2 aromatic heterocycles. The molecule has 1 saturated heterocycles. The molecule has 1 fully saturated rings. The second-order valence-electron chi connectivity index (χ2n) is 6.18. The molecule has 0 amide bonds. The van der Waals surface area contributed by atoms with Gasteiger partial charge in [-0.05, 0) is 36.2 Å². The number of aliphatic hydroxyl groups excluding tert-OH is 1. The standard InChI is InChI=1S/C18H17F2N3O/c19-15-5-4-12(8-16(15)20)17-9-14(24)11-22(17)10-13-2-1-3-18-21-6-7-23(13)18/h1-8,14,17,24H,9-11H2. The number of aliphatic hydroxyl groups is 1.